The van der Waals surface area contributed by atoms with Crippen LogP contribution in [0.1, 0.15) is 17.0 Å². The van der Waals surface area contributed by atoms with Crippen LogP contribution in [-0.2, 0) is 0 Å². The summed E-state index contributed by atoms with van der Waals surface area (Å²) in [7, 11) is 0. The van der Waals surface area contributed by atoms with E-state index in [-0.39, 0.29) is 5.82 Å². The Morgan fingerprint density at radius 1 is 1.38 bits per heavy atom. The van der Waals surface area contributed by atoms with E-state index in [9.17, 15) is 4.39 Å². The molecule has 0 spiro atoms. The second-order valence-electron chi connectivity index (χ2n) is 3.43. The second kappa shape index (κ2) is 4.18. The summed E-state index contributed by atoms with van der Waals surface area (Å²) < 4.78 is 17.8. The maximum Gasteiger partial charge on any atom is 0.157 e. The number of aromatic nitrogens is 1. The molecule has 82 valence electrons. The largest absolute Gasteiger partial charge is 0.394 e. The summed E-state index contributed by atoms with van der Waals surface area (Å²) in [5, 5.41) is 3.77. The molecule has 0 aliphatic carbocycles. The number of hydrogen-bond donors (Lipinski definition) is 1. The van der Waals surface area contributed by atoms with Crippen molar-refractivity contribution in [2.24, 2.45) is 0 Å². The summed E-state index contributed by atoms with van der Waals surface area (Å²) >= 11 is 0. The third-order valence-electron chi connectivity index (χ3n) is 2.22. The molecule has 0 radical (unpaired) electrons. The fraction of sp³-hybridized carbons (Fsp3) is 0.0833. The number of aryl methyl sites for hydroxylation is 1. The van der Waals surface area contributed by atoms with Gasteiger partial charge in [-0.2, -0.15) is 0 Å². The van der Waals surface area contributed by atoms with Crippen molar-refractivity contribution in [2.45, 2.75) is 6.92 Å². The van der Waals surface area contributed by atoms with Gasteiger partial charge in [-0.3, -0.25) is 0 Å². The lowest BCUT2D eigenvalue weighted by Gasteiger charge is -1.92. The van der Waals surface area contributed by atoms with Gasteiger partial charge in [0.05, 0.1) is 0 Å². The summed E-state index contributed by atoms with van der Waals surface area (Å²) in [6, 6.07) is 6.26. The number of nitrogen functional groups attached to an aromatic ring is 1. The molecule has 16 heavy (non-hydrogen) atoms. The fourth-order valence-corrected chi connectivity index (χ4v) is 1.30. The van der Waals surface area contributed by atoms with Crippen LogP contribution in [0, 0.1) is 12.7 Å². The van der Waals surface area contributed by atoms with E-state index in [0.717, 1.165) is 5.56 Å². The van der Waals surface area contributed by atoms with Crippen molar-refractivity contribution < 1.29 is 8.91 Å². The Morgan fingerprint density at radius 2 is 2.19 bits per heavy atom. The van der Waals surface area contributed by atoms with E-state index in [4.69, 9.17) is 10.3 Å². The van der Waals surface area contributed by atoms with Crippen LogP contribution < -0.4 is 5.73 Å². The first-order chi connectivity index (χ1) is 7.66. The zero-order chi connectivity index (χ0) is 11.5. The third-order valence-corrected chi connectivity index (χ3v) is 2.22. The number of nitrogens with two attached hydrogens (primary N) is 1. The first-order valence-electron chi connectivity index (χ1n) is 4.82. The molecule has 2 N–H and O–H groups in total. The van der Waals surface area contributed by atoms with Gasteiger partial charge in [0.15, 0.2) is 5.76 Å². The van der Waals surface area contributed by atoms with Crippen molar-refractivity contribution in [1.82, 2.24) is 5.16 Å². The van der Waals surface area contributed by atoms with Crippen LogP contribution in [0.15, 0.2) is 28.8 Å². The highest BCUT2D eigenvalue weighted by molar-refractivity contribution is 5.73. The Bertz CT molecular complexity index is 532. The van der Waals surface area contributed by atoms with E-state index in [1.807, 2.05) is 0 Å². The minimum absolute atomic E-state index is 0.272. The van der Waals surface area contributed by atoms with Gasteiger partial charge in [-0.15, -0.1) is 0 Å². The van der Waals surface area contributed by atoms with Crippen LogP contribution in [0.25, 0.3) is 12.2 Å². The molecular formula is C12H11FN2O. The van der Waals surface area contributed by atoms with Gasteiger partial charge in [0.2, 0.25) is 0 Å². The Balaban J connectivity index is 2.24. The van der Waals surface area contributed by atoms with E-state index in [1.54, 1.807) is 31.2 Å². The molecule has 4 heteroatoms. The van der Waals surface area contributed by atoms with Crippen molar-refractivity contribution >= 4 is 17.8 Å². The zero-order valence-corrected chi connectivity index (χ0v) is 8.77. The highest BCUT2D eigenvalue weighted by atomic mass is 19.1. The zero-order valence-electron chi connectivity index (χ0n) is 8.77. The summed E-state index contributed by atoms with van der Waals surface area (Å²) in [5.41, 5.74) is 7.53. The topological polar surface area (TPSA) is 52.0 Å². The molecule has 0 saturated carbocycles. The highest BCUT2D eigenvalue weighted by Crippen LogP contribution is 2.18. The van der Waals surface area contributed by atoms with Gasteiger partial charge in [0.25, 0.3) is 0 Å². The molecule has 1 aromatic heterocycles. The first-order valence-corrected chi connectivity index (χ1v) is 4.82. The fourth-order valence-electron chi connectivity index (χ4n) is 1.30. The average molecular weight is 218 g/mol. The maximum absolute atomic E-state index is 12.9. The third kappa shape index (κ3) is 2.11. The Labute approximate surface area is 92.4 Å². The van der Waals surface area contributed by atoms with Crippen LogP contribution in [0.5, 0.6) is 0 Å². The van der Waals surface area contributed by atoms with Crippen molar-refractivity contribution in [1.29, 1.82) is 0 Å². The van der Waals surface area contributed by atoms with E-state index < -0.39 is 0 Å². The predicted octanol–water partition coefficient (Wildman–Crippen LogP) is 2.87. The van der Waals surface area contributed by atoms with Gasteiger partial charge in [0, 0.05) is 0 Å². The average Bonchev–Trinajstić information content (AvgIpc) is 2.57. The number of halogens is 1. The Kier molecular flexibility index (Phi) is 2.72. The molecule has 2 rings (SSSR count). The highest BCUT2D eigenvalue weighted by Gasteiger charge is 2.04. The monoisotopic (exact) mass is 218 g/mol. The number of rotatable bonds is 2. The van der Waals surface area contributed by atoms with Crippen molar-refractivity contribution in [2.75, 3.05) is 5.73 Å². The molecule has 1 heterocycles. The van der Waals surface area contributed by atoms with Crippen LogP contribution >= 0.6 is 0 Å². The van der Waals surface area contributed by atoms with E-state index in [2.05, 4.69) is 5.16 Å². The van der Waals surface area contributed by atoms with Crippen molar-refractivity contribution in [3.8, 4) is 0 Å². The molecule has 0 aliphatic heterocycles. The van der Waals surface area contributed by atoms with Crippen molar-refractivity contribution in [3.05, 3.63) is 47.1 Å². The van der Waals surface area contributed by atoms with Gasteiger partial charge in [-0.25, -0.2) is 4.39 Å². The number of anilines is 1. The van der Waals surface area contributed by atoms with Crippen LogP contribution in [0.3, 0.4) is 0 Å². The summed E-state index contributed by atoms with van der Waals surface area (Å²) in [4.78, 5) is 0. The molecule has 0 atom stereocenters. The smallest absolute Gasteiger partial charge is 0.157 e. The van der Waals surface area contributed by atoms with Crippen LogP contribution in [0.2, 0.25) is 0 Å². The molecule has 0 fully saturated rings. The SMILES string of the molecule is Cc1onc(/C=C/c2cccc(F)c2)c1N. The van der Waals surface area contributed by atoms with E-state index in [0.29, 0.717) is 17.1 Å². The van der Waals surface area contributed by atoms with Crippen LogP contribution in [-0.4, -0.2) is 5.16 Å². The lowest BCUT2D eigenvalue weighted by atomic mass is 10.2. The first kappa shape index (κ1) is 10.4. The minimum atomic E-state index is -0.272. The summed E-state index contributed by atoms with van der Waals surface area (Å²) in [5.74, 6) is 0.311. The minimum Gasteiger partial charge on any atom is -0.394 e. The normalized spacial score (nSPS) is 11.1. The molecule has 0 unspecified atom stereocenters. The van der Waals surface area contributed by atoms with Gasteiger partial charge < -0.3 is 10.3 Å². The van der Waals surface area contributed by atoms with Gasteiger partial charge in [-0.1, -0.05) is 23.4 Å². The molecular weight excluding hydrogens is 207 g/mol. The van der Waals surface area contributed by atoms with Crippen molar-refractivity contribution in [3.63, 3.8) is 0 Å². The second-order valence-corrected chi connectivity index (χ2v) is 3.43. The van der Waals surface area contributed by atoms with Gasteiger partial charge in [-0.05, 0) is 30.7 Å². The Hall–Kier alpha value is -2.10. The number of hydrogen-bond acceptors (Lipinski definition) is 3. The number of benzene rings is 1. The molecule has 0 aliphatic rings. The molecule has 3 nitrogen and oxygen atoms in total. The van der Waals surface area contributed by atoms with E-state index >= 15 is 0 Å². The van der Waals surface area contributed by atoms with E-state index in [1.165, 1.54) is 12.1 Å². The predicted molar refractivity (Wildman–Crippen MR) is 61.0 cm³/mol. The molecule has 2 aromatic rings. The van der Waals surface area contributed by atoms with Gasteiger partial charge >= 0.3 is 0 Å². The standard InChI is InChI=1S/C12H11FN2O/c1-8-12(14)11(15-16-8)6-5-9-3-2-4-10(13)7-9/h2-7H,14H2,1H3/b6-5+. The van der Waals surface area contributed by atoms with Gasteiger partial charge in [0.1, 0.15) is 17.2 Å². The summed E-state index contributed by atoms with van der Waals surface area (Å²) in [6.07, 6.45) is 3.43. The molecule has 0 bridgehead atoms. The number of nitrogens with zero attached hydrogens (tertiary/aromatic N) is 1. The molecule has 1 aromatic carbocycles. The maximum atomic E-state index is 12.9. The summed E-state index contributed by atoms with van der Waals surface area (Å²) in [6.45, 7) is 1.74. The Morgan fingerprint density at radius 3 is 2.81 bits per heavy atom. The molecule has 0 saturated heterocycles. The van der Waals surface area contributed by atoms with Crippen LogP contribution in [0.4, 0.5) is 10.1 Å². The molecule has 0 amide bonds. The lowest BCUT2D eigenvalue weighted by Crippen LogP contribution is -1.87. The quantitative estimate of drug-likeness (QED) is 0.843. The lowest BCUT2D eigenvalue weighted by molar-refractivity contribution is 0.397.